The Morgan fingerprint density at radius 3 is 2.62 bits per heavy atom. The van der Waals surface area contributed by atoms with Gasteiger partial charge in [-0.15, -0.1) is 0 Å². The monoisotopic (exact) mass is 333 g/mol. The third-order valence-corrected chi connectivity index (χ3v) is 5.54. The number of hydrogen-bond donors (Lipinski definition) is 1. The fourth-order valence-corrected chi connectivity index (χ4v) is 4.10. The van der Waals surface area contributed by atoms with Gasteiger partial charge in [-0.05, 0) is 43.9 Å². The number of carbonyl (C=O) groups is 2. The number of likely N-dealkylation sites (tertiary alicyclic amines) is 1. The lowest BCUT2D eigenvalue weighted by atomic mass is 9.86. The van der Waals surface area contributed by atoms with Gasteiger partial charge in [0.25, 0.3) is 0 Å². The zero-order valence-corrected chi connectivity index (χ0v) is 14.5. The molecule has 1 aliphatic heterocycles. The van der Waals surface area contributed by atoms with E-state index in [1.54, 1.807) is 0 Å². The van der Waals surface area contributed by atoms with E-state index in [0.29, 0.717) is 19.0 Å². The van der Waals surface area contributed by atoms with Gasteiger partial charge in [-0.25, -0.2) is 14.7 Å². The topological polar surface area (TPSA) is 75.4 Å². The van der Waals surface area contributed by atoms with Crippen molar-refractivity contribution >= 4 is 12.0 Å². The Hall–Kier alpha value is -1.85. The minimum atomic E-state index is -1.14. The van der Waals surface area contributed by atoms with E-state index in [1.807, 2.05) is 13.3 Å². The third-order valence-electron chi connectivity index (χ3n) is 5.54. The molecule has 1 aromatic heterocycles. The van der Waals surface area contributed by atoms with Crippen LogP contribution in [0.15, 0.2) is 12.5 Å². The number of amides is 2. The molecule has 3 rings (SSSR count). The summed E-state index contributed by atoms with van der Waals surface area (Å²) in [4.78, 5) is 29.1. The summed E-state index contributed by atoms with van der Waals surface area (Å²) >= 11 is 0. The van der Waals surface area contributed by atoms with Crippen LogP contribution in [0.2, 0.25) is 0 Å². The summed E-state index contributed by atoms with van der Waals surface area (Å²) in [5, 5.41) is 9.19. The van der Waals surface area contributed by atoms with Gasteiger partial charge >= 0.3 is 6.09 Å². The zero-order chi connectivity index (χ0) is 17.3. The Morgan fingerprint density at radius 2 is 1.96 bits per heavy atom. The Labute approximate surface area is 142 Å². The van der Waals surface area contributed by atoms with Crippen molar-refractivity contribution in [1.29, 1.82) is 0 Å². The van der Waals surface area contributed by atoms with Crippen molar-refractivity contribution < 1.29 is 14.7 Å². The first kappa shape index (κ1) is 17.0. The number of rotatable bonds is 3. The third kappa shape index (κ3) is 3.62. The molecule has 24 heavy (non-hydrogen) atoms. The van der Waals surface area contributed by atoms with E-state index >= 15 is 0 Å². The lowest BCUT2D eigenvalue weighted by Gasteiger charge is -2.32. The molecule has 2 aliphatic rings. The van der Waals surface area contributed by atoms with Gasteiger partial charge in [0.15, 0.2) is 0 Å². The highest BCUT2D eigenvalue weighted by atomic mass is 16.4. The van der Waals surface area contributed by atoms with E-state index in [4.69, 9.17) is 0 Å². The molecule has 132 valence electrons. The smallest absolute Gasteiger partial charge is 0.414 e. The summed E-state index contributed by atoms with van der Waals surface area (Å²) in [5.74, 6) is 0.458. The molecule has 1 saturated carbocycles. The predicted molar refractivity (Wildman–Crippen MR) is 89.6 cm³/mol. The quantitative estimate of drug-likeness (QED) is 0.920. The number of imide groups is 1. The second-order valence-electron chi connectivity index (χ2n) is 7.70. The van der Waals surface area contributed by atoms with E-state index in [0.717, 1.165) is 22.9 Å². The molecule has 2 amide bonds. The van der Waals surface area contributed by atoms with E-state index in [2.05, 4.69) is 22.7 Å². The SMILES string of the molecule is CC1CCC(n2cnc(CC3C[C@@H](C)CN(C(=O)O)C3=O)c2)CC1. The van der Waals surface area contributed by atoms with Crippen LogP contribution in [0.4, 0.5) is 4.79 Å². The number of aromatic nitrogens is 2. The fourth-order valence-electron chi connectivity index (χ4n) is 4.10. The number of hydrogen-bond acceptors (Lipinski definition) is 3. The second kappa shape index (κ2) is 6.95. The number of carbonyl (C=O) groups excluding carboxylic acids is 1. The zero-order valence-electron chi connectivity index (χ0n) is 14.5. The molecule has 1 aliphatic carbocycles. The van der Waals surface area contributed by atoms with E-state index in [1.165, 1.54) is 25.7 Å². The van der Waals surface area contributed by atoms with Crippen LogP contribution in [-0.2, 0) is 11.2 Å². The molecule has 1 N–H and O–H groups in total. The molecule has 2 atom stereocenters. The Bertz CT molecular complexity index is 604. The molecule has 2 fully saturated rings. The minimum absolute atomic E-state index is 0.200. The maximum absolute atomic E-state index is 12.4. The van der Waals surface area contributed by atoms with Gasteiger partial charge < -0.3 is 9.67 Å². The molecule has 2 heterocycles. The number of piperidine rings is 1. The lowest BCUT2D eigenvalue weighted by Crippen LogP contribution is -2.47. The van der Waals surface area contributed by atoms with Crippen molar-refractivity contribution in [1.82, 2.24) is 14.5 Å². The van der Waals surface area contributed by atoms with Gasteiger partial charge in [-0.2, -0.15) is 0 Å². The summed E-state index contributed by atoms with van der Waals surface area (Å²) < 4.78 is 2.19. The molecule has 1 aromatic rings. The number of imidazole rings is 1. The van der Waals surface area contributed by atoms with Crippen LogP contribution in [0, 0.1) is 17.8 Å². The second-order valence-corrected chi connectivity index (χ2v) is 7.70. The van der Waals surface area contributed by atoms with Gasteiger partial charge in [0.05, 0.1) is 12.0 Å². The van der Waals surface area contributed by atoms with Crippen molar-refractivity contribution in [2.24, 2.45) is 17.8 Å². The van der Waals surface area contributed by atoms with Gasteiger partial charge in [-0.3, -0.25) is 4.79 Å². The summed E-state index contributed by atoms with van der Waals surface area (Å²) in [6, 6.07) is 0.513. The van der Waals surface area contributed by atoms with E-state index in [-0.39, 0.29) is 17.7 Å². The summed E-state index contributed by atoms with van der Waals surface area (Å²) in [6.07, 6.45) is 8.93. The fraction of sp³-hybridized carbons (Fsp3) is 0.722. The molecule has 1 unspecified atom stereocenters. The van der Waals surface area contributed by atoms with Crippen molar-refractivity contribution in [2.75, 3.05) is 6.54 Å². The normalized spacial score (nSPS) is 31.2. The van der Waals surface area contributed by atoms with Crippen LogP contribution in [0.3, 0.4) is 0 Å². The van der Waals surface area contributed by atoms with Crippen LogP contribution in [-0.4, -0.2) is 38.1 Å². The molecule has 6 heteroatoms. The van der Waals surface area contributed by atoms with E-state index in [9.17, 15) is 14.7 Å². The van der Waals surface area contributed by atoms with Gasteiger partial charge in [0.1, 0.15) is 0 Å². The van der Waals surface area contributed by atoms with E-state index < -0.39 is 6.09 Å². The maximum atomic E-state index is 12.4. The lowest BCUT2D eigenvalue weighted by molar-refractivity contribution is -0.137. The molecule has 0 aromatic carbocycles. The Balaban J connectivity index is 1.65. The van der Waals surface area contributed by atoms with Gasteiger partial charge in [0.2, 0.25) is 5.91 Å². The van der Waals surface area contributed by atoms with Crippen molar-refractivity contribution in [3.05, 3.63) is 18.2 Å². The Morgan fingerprint density at radius 1 is 1.25 bits per heavy atom. The molecule has 0 spiro atoms. The summed E-state index contributed by atoms with van der Waals surface area (Å²) in [7, 11) is 0. The van der Waals surface area contributed by atoms with Crippen LogP contribution in [0.1, 0.15) is 57.7 Å². The van der Waals surface area contributed by atoms with Crippen molar-refractivity contribution in [2.45, 2.75) is 58.4 Å². The van der Waals surface area contributed by atoms with Crippen molar-refractivity contribution in [3.63, 3.8) is 0 Å². The number of carboxylic acid groups (broad SMARTS) is 1. The highest BCUT2D eigenvalue weighted by Crippen LogP contribution is 2.32. The van der Waals surface area contributed by atoms with Gasteiger partial charge in [0, 0.05) is 31.1 Å². The highest BCUT2D eigenvalue weighted by molar-refractivity contribution is 5.93. The largest absolute Gasteiger partial charge is 0.465 e. The molecule has 0 bridgehead atoms. The standard InChI is InChI=1S/C18H27N3O3/c1-12-3-5-16(6-4-12)20-10-15(19-11-20)8-14-7-13(2)9-21(17(14)22)18(23)24/h10-14,16H,3-9H2,1-2H3,(H,23,24)/t12?,13-,14?,16?/m1/s1. The first-order valence-corrected chi connectivity index (χ1v) is 9.00. The molecule has 6 nitrogen and oxygen atoms in total. The minimum Gasteiger partial charge on any atom is -0.465 e. The summed E-state index contributed by atoms with van der Waals surface area (Å²) in [5.41, 5.74) is 0.895. The number of nitrogens with zero attached hydrogens (tertiary/aromatic N) is 3. The average molecular weight is 333 g/mol. The maximum Gasteiger partial charge on any atom is 0.414 e. The van der Waals surface area contributed by atoms with Crippen molar-refractivity contribution in [3.8, 4) is 0 Å². The van der Waals surface area contributed by atoms with Crippen LogP contribution in [0.5, 0.6) is 0 Å². The Kier molecular flexibility index (Phi) is 4.92. The first-order chi connectivity index (χ1) is 11.4. The molecular formula is C18H27N3O3. The van der Waals surface area contributed by atoms with Crippen LogP contribution < -0.4 is 0 Å². The molecule has 0 radical (unpaired) electrons. The van der Waals surface area contributed by atoms with Gasteiger partial charge in [-0.1, -0.05) is 13.8 Å². The van der Waals surface area contributed by atoms with Crippen LogP contribution >= 0.6 is 0 Å². The predicted octanol–water partition coefficient (Wildman–Crippen LogP) is 3.34. The van der Waals surface area contributed by atoms with Crippen LogP contribution in [0.25, 0.3) is 0 Å². The average Bonchev–Trinajstić information content (AvgIpc) is 2.99. The molecule has 1 saturated heterocycles. The summed E-state index contributed by atoms with van der Waals surface area (Å²) in [6.45, 7) is 4.61. The molecular weight excluding hydrogens is 306 g/mol. The first-order valence-electron chi connectivity index (χ1n) is 9.00. The highest BCUT2D eigenvalue weighted by Gasteiger charge is 2.36.